The Morgan fingerprint density at radius 1 is 1.15 bits per heavy atom. The van der Waals surface area contributed by atoms with Gasteiger partial charge in [0.2, 0.25) is 6.79 Å². The fourth-order valence-corrected chi connectivity index (χ4v) is 4.30. The zero-order valence-corrected chi connectivity index (χ0v) is 19.6. The number of carbonyl (C=O) groups is 2. The summed E-state index contributed by atoms with van der Waals surface area (Å²) in [7, 11) is 0. The molecule has 4 heterocycles. The molecule has 34 heavy (non-hydrogen) atoms. The lowest BCUT2D eigenvalue weighted by Gasteiger charge is -2.15. The summed E-state index contributed by atoms with van der Waals surface area (Å²) in [6, 6.07) is 10.7. The van der Waals surface area contributed by atoms with Gasteiger partial charge >= 0.3 is 5.97 Å². The van der Waals surface area contributed by atoms with Crippen molar-refractivity contribution in [2.45, 2.75) is 32.9 Å². The Hall–Kier alpha value is -3.92. The number of esters is 1. The monoisotopic (exact) mass is 478 g/mol. The highest BCUT2D eigenvalue weighted by Crippen LogP contribution is 2.34. The topological polar surface area (TPSA) is 105 Å². The Bertz CT molecular complexity index is 1380. The quantitative estimate of drug-likeness (QED) is 0.402. The lowest BCUT2D eigenvalue weighted by Crippen LogP contribution is -2.30. The third kappa shape index (κ3) is 4.08. The standard InChI is InChI=1S/C24H22N4O5S/c1-13(2)28-22-17(11-25-28)16(10-18(27-22)21-5-4-8-34-21)24(30)33-14(3)23(29)26-15-6-7-19-20(9-15)32-12-31-19/h4-11,13-14H,12H2,1-3H3,(H,26,29). The van der Waals surface area contributed by atoms with Crippen molar-refractivity contribution < 1.29 is 23.8 Å². The number of thiophene rings is 1. The first-order valence-corrected chi connectivity index (χ1v) is 11.6. The van der Waals surface area contributed by atoms with E-state index in [1.807, 2.05) is 31.4 Å². The van der Waals surface area contributed by atoms with Gasteiger partial charge in [-0.25, -0.2) is 14.5 Å². The number of ether oxygens (including phenoxy) is 3. The summed E-state index contributed by atoms with van der Waals surface area (Å²) in [5.74, 6) is 0.0725. The number of hydrogen-bond acceptors (Lipinski definition) is 8. The number of nitrogens with zero attached hydrogens (tertiary/aromatic N) is 3. The molecule has 1 aromatic carbocycles. The smallest absolute Gasteiger partial charge is 0.339 e. The largest absolute Gasteiger partial charge is 0.454 e. The highest BCUT2D eigenvalue weighted by atomic mass is 32.1. The maximum absolute atomic E-state index is 13.2. The number of nitrogens with one attached hydrogen (secondary N) is 1. The first kappa shape index (κ1) is 21.9. The van der Waals surface area contributed by atoms with Gasteiger partial charge in [-0.15, -0.1) is 11.3 Å². The summed E-state index contributed by atoms with van der Waals surface area (Å²) >= 11 is 1.52. The van der Waals surface area contributed by atoms with E-state index in [2.05, 4.69) is 10.4 Å². The van der Waals surface area contributed by atoms with Gasteiger partial charge in [-0.2, -0.15) is 5.10 Å². The molecule has 1 N–H and O–H groups in total. The summed E-state index contributed by atoms with van der Waals surface area (Å²) in [6.45, 7) is 5.65. The van der Waals surface area contributed by atoms with E-state index in [1.54, 1.807) is 35.1 Å². The van der Waals surface area contributed by atoms with Crippen molar-refractivity contribution in [2.75, 3.05) is 12.1 Å². The Kier molecular flexibility index (Phi) is 5.66. The fraction of sp³-hybridized carbons (Fsp3) is 0.250. The molecule has 1 amide bonds. The summed E-state index contributed by atoms with van der Waals surface area (Å²) < 4.78 is 17.9. The van der Waals surface area contributed by atoms with Gasteiger partial charge in [-0.3, -0.25) is 4.79 Å². The van der Waals surface area contributed by atoms with Gasteiger partial charge in [0, 0.05) is 17.8 Å². The van der Waals surface area contributed by atoms with Gasteiger partial charge in [0.1, 0.15) is 0 Å². The predicted octanol–water partition coefficient (Wildman–Crippen LogP) is 4.65. The molecule has 0 radical (unpaired) electrons. The van der Waals surface area contributed by atoms with Crippen LogP contribution in [0, 0.1) is 0 Å². The molecule has 0 bridgehead atoms. The number of rotatable bonds is 6. The van der Waals surface area contributed by atoms with E-state index < -0.39 is 18.0 Å². The normalized spacial score (nSPS) is 13.3. The number of carbonyl (C=O) groups excluding carboxylic acids is 2. The van der Waals surface area contributed by atoms with Crippen LogP contribution in [0.1, 0.15) is 37.2 Å². The van der Waals surface area contributed by atoms with Gasteiger partial charge in [0.05, 0.1) is 27.7 Å². The number of aromatic nitrogens is 3. The zero-order chi connectivity index (χ0) is 23.8. The van der Waals surface area contributed by atoms with Gasteiger partial charge in [-0.1, -0.05) is 6.07 Å². The van der Waals surface area contributed by atoms with Gasteiger partial charge < -0.3 is 19.5 Å². The number of amides is 1. The molecule has 0 saturated heterocycles. The molecule has 1 unspecified atom stereocenters. The molecule has 4 aromatic rings. The highest BCUT2D eigenvalue weighted by Gasteiger charge is 2.24. The molecule has 3 aromatic heterocycles. The summed E-state index contributed by atoms with van der Waals surface area (Å²) in [6.07, 6.45) is 0.570. The second-order valence-electron chi connectivity index (χ2n) is 8.06. The van der Waals surface area contributed by atoms with Gasteiger partial charge in [0.15, 0.2) is 23.3 Å². The molecule has 10 heteroatoms. The minimum atomic E-state index is -1.04. The van der Waals surface area contributed by atoms with E-state index in [4.69, 9.17) is 19.2 Å². The Morgan fingerprint density at radius 3 is 2.74 bits per heavy atom. The van der Waals surface area contributed by atoms with Crippen molar-refractivity contribution in [3.05, 3.63) is 53.5 Å². The summed E-state index contributed by atoms with van der Waals surface area (Å²) in [5.41, 5.74) is 2.06. The second kappa shape index (κ2) is 8.79. The maximum Gasteiger partial charge on any atom is 0.339 e. The predicted molar refractivity (Wildman–Crippen MR) is 127 cm³/mol. The summed E-state index contributed by atoms with van der Waals surface area (Å²) in [5, 5.41) is 9.66. The molecule has 1 aliphatic heterocycles. The lowest BCUT2D eigenvalue weighted by molar-refractivity contribution is -0.123. The summed E-state index contributed by atoms with van der Waals surface area (Å²) in [4.78, 5) is 31.5. The van der Waals surface area contributed by atoms with E-state index in [0.717, 1.165) is 4.88 Å². The van der Waals surface area contributed by atoms with Crippen LogP contribution < -0.4 is 14.8 Å². The van der Waals surface area contributed by atoms with E-state index in [-0.39, 0.29) is 12.8 Å². The van der Waals surface area contributed by atoms with Crippen LogP contribution in [0.3, 0.4) is 0 Å². The Labute approximate surface area is 199 Å². The molecule has 0 spiro atoms. The fourth-order valence-electron chi connectivity index (χ4n) is 3.61. The van der Waals surface area contributed by atoms with Crippen LogP contribution in [0.15, 0.2) is 48.0 Å². The van der Waals surface area contributed by atoms with Crippen molar-refractivity contribution in [2.24, 2.45) is 0 Å². The molecular formula is C24H22N4O5S. The Morgan fingerprint density at radius 2 is 1.97 bits per heavy atom. The maximum atomic E-state index is 13.2. The van der Waals surface area contributed by atoms with E-state index >= 15 is 0 Å². The van der Waals surface area contributed by atoms with Gasteiger partial charge in [-0.05, 0) is 50.4 Å². The zero-order valence-electron chi connectivity index (χ0n) is 18.8. The minimum absolute atomic E-state index is 0.0545. The molecule has 0 fully saturated rings. The van der Waals surface area contributed by atoms with Crippen LogP contribution in [0.2, 0.25) is 0 Å². The molecule has 9 nitrogen and oxygen atoms in total. The van der Waals surface area contributed by atoms with Gasteiger partial charge in [0.25, 0.3) is 5.91 Å². The number of anilines is 1. The first-order chi connectivity index (χ1) is 16.4. The minimum Gasteiger partial charge on any atom is -0.454 e. The first-order valence-electron chi connectivity index (χ1n) is 10.7. The van der Waals surface area contributed by atoms with Crippen LogP contribution >= 0.6 is 11.3 Å². The van der Waals surface area contributed by atoms with E-state index in [1.165, 1.54) is 18.3 Å². The number of hydrogen-bond donors (Lipinski definition) is 1. The van der Waals surface area contributed by atoms with E-state index in [9.17, 15) is 9.59 Å². The van der Waals surface area contributed by atoms with Crippen molar-refractivity contribution in [3.8, 4) is 22.1 Å². The lowest BCUT2D eigenvalue weighted by atomic mass is 10.1. The highest BCUT2D eigenvalue weighted by molar-refractivity contribution is 7.13. The van der Waals surface area contributed by atoms with Crippen molar-refractivity contribution in [3.63, 3.8) is 0 Å². The van der Waals surface area contributed by atoms with Crippen LogP contribution in [0.4, 0.5) is 5.69 Å². The average Bonchev–Trinajstić information content (AvgIpc) is 3.58. The number of benzene rings is 1. The third-order valence-corrected chi connectivity index (χ3v) is 6.23. The van der Waals surface area contributed by atoms with Crippen LogP contribution in [-0.4, -0.2) is 39.5 Å². The molecule has 0 saturated carbocycles. The van der Waals surface area contributed by atoms with Crippen molar-refractivity contribution >= 4 is 39.9 Å². The third-order valence-electron chi connectivity index (χ3n) is 5.34. The number of fused-ring (bicyclic) bond motifs is 2. The average molecular weight is 479 g/mol. The molecule has 1 atom stereocenters. The Balaban J connectivity index is 1.39. The van der Waals surface area contributed by atoms with Crippen molar-refractivity contribution in [1.82, 2.24) is 14.8 Å². The second-order valence-corrected chi connectivity index (χ2v) is 9.01. The SMILES string of the molecule is CC(OC(=O)c1cc(-c2cccs2)nc2c1cnn2C(C)C)C(=O)Nc1ccc2c(c1)OCO2. The molecule has 0 aliphatic carbocycles. The van der Waals surface area contributed by atoms with Crippen LogP contribution in [0.5, 0.6) is 11.5 Å². The van der Waals surface area contributed by atoms with E-state index in [0.29, 0.717) is 39.5 Å². The molecule has 1 aliphatic rings. The number of pyridine rings is 1. The molecular weight excluding hydrogens is 456 g/mol. The van der Waals surface area contributed by atoms with Crippen LogP contribution in [0.25, 0.3) is 21.6 Å². The van der Waals surface area contributed by atoms with Crippen LogP contribution in [-0.2, 0) is 9.53 Å². The molecule has 5 rings (SSSR count). The molecule has 174 valence electrons. The van der Waals surface area contributed by atoms with Crippen molar-refractivity contribution in [1.29, 1.82) is 0 Å².